The Hall–Kier alpha value is -2.85. The van der Waals surface area contributed by atoms with Crippen LogP contribution in [0, 0.1) is 12.8 Å². The molecule has 9 nitrogen and oxygen atoms in total. The normalized spacial score (nSPS) is 16.7. The zero-order chi connectivity index (χ0) is 30.0. The SMILES string of the molecule is Cc1c(C(=O)NCCC2=NCN=N2)cc(-c2ccc(S(=O)(=O)NC(C)(C)C)c(C(C)(C)C)c2)n1CC1CCCCC1. The van der Waals surface area contributed by atoms with Crippen molar-refractivity contribution in [2.75, 3.05) is 13.2 Å². The third-order valence-corrected chi connectivity index (χ3v) is 9.54. The van der Waals surface area contributed by atoms with Gasteiger partial charge in [0.05, 0.1) is 10.5 Å². The number of aromatic nitrogens is 1. The molecule has 0 radical (unpaired) electrons. The van der Waals surface area contributed by atoms with Gasteiger partial charge in [-0.2, -0.15) is 5.11 Å². The molecule has 2 N–H and O–H groups in total. The number of amides is 1. The highest BCUT2D eigenvalue weighted by atomic mass is 32.2. The monoisotopic (exact) mass is 582 g/mol. The minimum atomic E-state index is -3.74. The first-order valence-electron chi connectivity index (χ1n) is 14.7. The molecule has 2 heterocycles. The fraction of sp³-hybridized carbons (Fsp3) is 0.613. The van der Waals surface area contributed by atoms with Gasteiger partial charge in [0.15, 0.2) is 6.67 Å². The predicted molar refractivity (Wildman–Crippen MR) is 164 cm³/mol. The van der Waals surface area contributed by atoms with Crippen molar-refractivity contribution in [1.82, 2.24) is 14.6 Å². The van der Waals surface area contributed by atoms with Crippen LogP contribution in [0.2, 0.25) is 0 Å². The van der Waals surface area contributed by atoms with Crippen molar-refractivity contribution >= 4 is 21.8 Å². The molecule has 0 unspecified atom stereocenters. The molecule has 41 heavy (non-hydrogen) atoms. The highest BCUT2D eigenvalue weighted by molar-refractivity contribution is 7.89. The Labute approximate surface area is 245 Å². The van der Waals surface area contributed by atoms with E-state index in [0.717, 1.165) is 29.1 Å². The summed E-state index contributed by atoms with van der Waals surface area (Å²) < 4.78 is 32.0. The van der Waals surface area contributed by atoms with Crippen molar-refractivity contribution < 1.29 is 13.2 Å². The van der Waals surface area contributed by atoms with Crippen LogP contribution in [-0.4, -0.2) is 43.5 Å². The lowest BCUT2D eigenvalue weighted by molar-refractivity contribution is 0.0954. The summed E-state index contributed by atoms with van der Waals surface area (Å²) in [5.74, 6) is 1.07. The van der Waals surface area contributed by atoms with E-state index in [0.29, 0.717) is 37.0 Å². The Morgan fingerprint density at radius 2 is 1.76 bits per heavy atom. The second kappa shape index (κ2) is 12.2. The quantitative estimate of drug-likeness (QED) is 0.358. The first kappa shape index (κ1) is 31.1. The summed E-state index contributed by atoms with van der Waals surface area (Å²) >= 11 is 0. The lowest BCUT2D eigenvalue weighted by atomic mass is 9.85. The molecule has 1 aliphatic heterocycles. The van der Waals surface area contributed by atoms with Crippen molar-refractivity contribution in [2.24, 2.45) is 21.1 Å². The number of sulfonamides is 1. The summed E-state index contributed by atoms with van der Waals surface area (Å²) in [7, 11) is -3.74. The van der Waals surface area contributed by atoms with Crippen molar-refractivity contribution in [2.45, 2.75) is 109 Å². The maximum Gasteiger partial charge on any atom is 0.253 e. The summed E-state index contributed by atoms with van der Waals surface area (Å²) in [6.07, 6.45) is 6.64. The van der Waals surface area contributed by atoms with Crippen molar-refractivity contribution in [1.29, 1.82) is 0 Å². The lowest BCUT2D eigenvalue weighted by Gasteiger charge is -2.27. The number of carbonyl (C=O) groups is 1. The number of carbonyl (C=O) groups excluding carboxylic acids is 1. The average molecular weight is 583 g/mol. The lowest BCUT2D eigenvalue weighted by Crippen LogP contribution is -2.41. The molecule has 0 bridgehead atoms. The smallest absolute Gasteiger partial charge is 0.253 e. The molecule has 1 saturated carbocycles. The van der Waals surface area contributed by atoms with E-state index < -0.39 is 21.0 Å². The Morgan fingerprint density at radius 1 is 1.05 bits per heavy atom. The number of hydrogen-bond acceptors (Lipinski definition) is 6. The zero-order valence-electron chi connectivity index (χ0n) is 25.7. The van der Waals surface area contributed by atoms with Gasteiger partial charge >= 0.3 is 0 Å². The van der Waals surface area contributed by atoms with E-state index in [1.165, 1.54) is 32.1 Å². The highest BCUT2D eigenvalue weighted by Crippen LogP contribution is 2.36. The fourth-order valence-corrected chi connectivity index (χ4v) is 7.53. The second-order valence-corrected chi connectivity index (χ2v) is 15.1. The van der Waals surface area contributed by atoms with Crippen LogP contribution in [0.4, 0.5) is 0 Å². The molecular formula is C31H46N6O3S. The van der Waals surface area contributed by atoms with Crippen LogP contribution < -0.4 is 10.0 Å². The van der Waals surface area contributed by atoms with E-state index in [9.17, 15) is 13.2 Å². The first-order valence-corrected chi connectivity index (χ1v) is 16.2. The molecule has 0 saturated heterocycles. The standard InChI is InChI=1S/C31H46N6O3S/c1-21-24(29(38)32-16-15-28-33-20-34-35-28)18-26(37(21)19-22-11-9-8-10-12-22)23-13-14-27(25(17-23)30(2,3)4)41(39,40)36-31(5,6)7/h13-14,17-18,22,36H,8-12,15-16,19-20H2,1-7H3,(H,32,38). The number of benzene rings is 1. The average Bonchev–Trinajstić information content (AvgIpc) is 3.51. The Morgan fingerprint density at radius 3 is 2.37 bits per heavy atom. The van der Waals surface area contributed by atoms with Crippen LogP contribution in [0.3, 0.4) is 0 Å². The summed E-state index contributed by atoms with van der Waals surface area (Å²) in [5, 5.41) is 10.9. The van der Waals surface area contributed by atoms with E-state index in [1.54, 1.807) is 6.07 Å². The van der Waals surface area contributed by atoms with Crippen LogP contribution in [0.1, 0.15) is 102 Å². The molecule has 10 heteroatoms. The Kier molecular flexibility index (Phi) is 9.23. The van der Waals surface area contributed by atoms with Gasteiger partial charge in [0.2, 0.25) is 10.0 Å². The Bertz CT molecular complexity index is 1440. The molecular weight excluding hydrogens is 536 g/mol. The van der Waals surface area contributed by atoms with E-state index in [4.69, 9.17) is 0 Å². The molecule has 4 rings (SSSR count). The zero-order valence-corrected chi connectivity index (χ0v) is 26.5. The van der Waals surface area contributed by atoms with Crippen LogP contribution in [0.15, 0.2) is 44.4 Å². The van der Waals surface area contributed by atoms with Crippen LogP contribution in [-0.2, 0) is 22.0 Å². The van der Waals surface area contributed by atoms with E-state index in [2.05, 4.69) is 29.8 Å². The number of hydrogen-bond donors (Lipinski definition) is 2. The minimum absolute atomic E-state index is 0.133. The molecule has 1 amide bonds. The van der Waals surface area contributed by atoms with Crippen LogP contribution >= 0.6 is 0 Å². The van der Waals surface area contributed by atoms with Gasteiger partial charge in [-0.25, -0.2) is 18.1 Å². The van der Waals surface area contributed by atoms with Crippen LogP contribution in [0.25, 0.3) is 11.3 Å². The summed E-state index contributed by atoms with van der Waals surface area (Å²) in [6.45, 7) is 15.2. The van der Waals surface area contributed by atoms with Crippen LogP contribution in [0.5, 0.6) is 0 Å². The molecule has 0 spiro atoms. The minimum Gasteiger partial charge on any atom is -0.352 e. The third-order valence-electron chi connectivity index (χ3n) is 7.73. The number of nitrogens with one attached hydrogen (secondary N) is 2. The molecule has 0 atom stereocenters. The second-order valence-electron chi connectivity index (χ2n) is 13.4. The van der Waals surface area contributed by atoms with Gasteiger partial charge in [-0.15, -0.1) is 5.11 Å². The molecule has 2 aromatic rings. The number of nitrogens with zero attached hydrogens (tertiary/aromatic N) is 4. The highest BCUT2D eigenvalue weighted by Gasteiger charge is 2.30. The number of rotatable bonds is 9. The maximum absolute atomic E-state index is 13.4. The number of aliphatic imine (C=N–C) groups is 1. The molecule has 1 aromatic heterocycles. The van der Waals surface area contributed by atoms with Gasteiger partial charge in [0.25, 0.3) is 5.91 Å². The van der Waals surface area contributed by atoms with Gasteiger partial charge in [-0.1, -0.05) is 46.1 Å². The number of amidine groups is 1. The molecule has 1 aromatic carbocycles. The van der Waals surface area contributed by atoms with Gasteiger partial charge in [-0.05, 0) is 81.2 Å². The van der Waals surface area contributed by atoms with Gasteiger partial charge in [-0.3, -0.25) is 4.79 Å². The largest absolute Gasteiger partial charge is 0.352 e. The van der Waals surface area contributed by atoms with E-state index in [1.807, 2.05) is 66.7 Å². The van der Waals surface area contributed by atoms with Crippen molar-refractivity contribution in [3.05, 3.63) is 41.1 Å². The first-order chi connectivity index (χ1) is 19.2. The predicted octanol–water partition coefficient (Wildman–Crippen LogP) is 6.36. The molecule has 1 fully saturated rings. The van der Waals surface area contributed by atoms with Crippen molar-refractivity contribution in [3.8, 4) is 11.3 Å². The summed E-state index contributed by atoms with van der Waals surface area (Å²) in [6, 6.07) is 7.55. The van der Waals surface area contributed by atoms with Crippen molar-refractivity contribution in [3.63, 3.8) is 0 Å². The molecule has 224 valence electrons. The van der Waals surface area contributed by atoms with Gasteiger partial charge < -0.3 is 9.88 Å². The third kappa shape index (κ3) is 7.71. The molecule has 1 aliphatic carbocycles. The fourth-order valence-electron chi connectivity index (χ4n) is 5.72. The molecule has 2 aliphatic rings. The summed E-state index contributed by atoms with van der Waals surface area (Å²) in [4.78, 5) is 17.9. The van der Waals surface area contributed by atoms with Gasteiger partial charge in [0.1, 0.15) is 5.84 Å². The van der Waals surface area contributed by atoms with Gasteiger partial charge in [0, 0.05) is 36.4 Å². The summed E-state index contributed by atoms with van der Waals surface area (Å²) in [5.41, 5.74) is 3.11. The van der Waals surface area contributed by atoms with E-state index >= 15 is 0 Å². The number of azo groups is 1. The maximum atomic E-state index is 13.4. The van der Waals surface area contributed by atoms with E-state index in [-0.39, 0.29) is 10.8 Å². The topological polar surface area (TPSA) is 117 Å². The Balaban J connectivity index is 1.74.